The smallest absolute Gasteiger partial charge is 0.408 e. The molecule has 49 heavy (non-hydrogen) atoms. The number of rotatable bonds is 7. The Bertz CT molecular complexity index is 2140. The van der Waals surface area contributed by atoms with Gasteiger partial charge >= 0.3 is 6.09 Å². The average molecular weight is 683 g/mol. The normalized spacial score (nSPS) is 33.5. The van der Waals surface area contributed by atoms with E-state index in [9.17, 15) is 19.2 Å². The molecular formula is C37H39ClN6O5. The molecule has 4 saturated carbocycles. The summed E-state index contributed by atoms with van der Waals surface area (Å²) in [6.45, 7) is 6.23. The van der Waals surface area contributed by atoms with Crippen LogP contribution in [0, 0.1) is 36.0 Å². The van der Waals surface area contributed by atoms with E-state index in [1.54, 1.807) is 13.1 Å². The van der Waals surface area contributed by atoms with Crippen molar-refractivity contribution < 1.29 is 23.9 Å². The molecule has 5 fully saturated rings. The van der Waals surface area contributed by atoms with Crippen LogP contribution in [0.3, 0.4) is 0 Å². The van der Waals surface area contributed by atoms with Gasteiger partial charge in [-0.25, -0.2) is 4.79 Å². The van der Waals surface area contributed by atoms with Crippen LogP contribution >= 0.6 is 11.6 Å². The highest BCUT2D eigenvalue weighted by molar-refractivity contribution is 6.19. The van der Waals surface area contributed by atoms with Gasteiger partial charge in [-0.15, -0.1) is 11.6 Å². The van der Waals surface area contributed by atoms with Gasteiger partial charge in [0.05, 0.1) is 27.7 Å². The number of likely N-dealkylation sites (tertiary alicyclic amines) is 1. The quantitative estimate of drug-likeness (QED) is 0.315. The lowest BCUT2D eigenvalue weighted by atomic mass is 9.72. The number of nitrogens with one attached hydrogen (secondary N) is 3. The van der Waals surface area contributed by atoms with Gasteiger partial charge in [0.25, 0.3) is 0 Å². The highest BCUT2D eigenvalue weighted by Gasteiger charge is 3.01. The standard InChI is InChI=1S/C37H39ClN6O5/c1-18-11-41-30-24(49-33(48)42(4)6-5-39-3)7-22-27(26(18)30)20(10-38)13-43(22)31(46)34-15-35(17-36(34,35)16-34)32(47)44-14-21-9-37(21)25(44)8-23(45)29-28(37)19(2)12-40-29/h7-8,11-12,20-21,39-41H,5-6,9-10,13-17H2,1-4H3. The van der Waals surface area contributed by atoms with E-state index in [1.165, 1.54) is 4.90 Å². The summed E-state index contributed by atoms with van der Waals surface area (Å²) in [4.78, 5) is 67.1. The van der Waals surface area contributed by atoms with Crippen molar-refractivity contribution in [2.45, 2.75) is 50.9 Å². The largest absolute Gasteiger partial charge is 0.415 e. The van der Waals surface area contributed by atoms with Crippen LogP contribution in [0.5, 0.6) is 5.75 Å². The van der Waals surface area contributed by atoms with Crippen LogP contribution in [0.1, 0.15) is 64.3 Å². The lowest BCUT2D eigenvalue weighted by Crippen LogP contribution is -2.49. The second kappa shape index (κ2) is 9.17. The second-order valence-electron chi connectivity index (χ2n) is 15.9. The van der Waals surface area contributed by atoms with E-state index in [0.29, 0.717) is 74.2 Å². The molecule has 254 valence electrons. The number of aryl methyl sites for hydroxylation is 2. The third-order valence-electron chi connectivity index (χ3n) is 13.6. The van der Waals surface area contributed by atoms with Crippen molar-refractivity contribution in [3.63, 3.8) is 0 Å². The van der Waals surface area contributed by atoms with Crippen LogP contribution in [0.2, 0.25) is 0 Å². The minimum absolute atomic E-state index is 0.0404. The number of carbonyl (C=O) groups excluding carboxylic acids is 4. The summed E-state index contributed by atoms with van der Waals surface area (Å²) in [7, 11) is 3.53. The fourth-order valence-electron chi connectivity index (χ4n) is 11.1. The number of amides is 3. The van der Waals surface area contributed by atoms with Crippen molar-refractivity contribution in [2.24, 2.45) is 22.2 Å². The summed E-state index contributed by atoms with van der Waals surface area (Å²) in [5, 5.41) is 3.98. The molecule has 1 saturated heterocycles. The molecule has 0 radical (unpaired) electrons. The number of anilines is 1. The fourth-order valence-corrected chi connectivity index (χ4v) is 11.4. The molecule has 0 bridgehead atoms. The number of hydrogen-bond acceptors (Lipinski definition) is 6. The first-order valence-electron chi connectivity index (χ1n) is 17.4. The topological polar surface area (TPSA) is 131 Å². The summed E-state index contributed by atoms with van der Waals surface area (Å²) in [6.07, 6.45) is 7.93. The predicted octanol–water partition coefficient (Wildman–Crippen LogP) is 4.48. The van der Waals surface area contributed by atoms with E-state index < -0.39 is 16.9 Å². The number of alkyl halides is 1. The minimum atomic E-state index is -0.574. The highest BCUT2D eigenvalue weighted by atomic mass is 35.5. The molecular weight excluding hydrogens is 644 g/mol. The Morgan fingerprint density at radius 2 is 1.80 bits per heavy atom. The van der Waals surface area contributed by atoms with Crippen molar-refractivity contribution in [3.8, 4) is 5.75 Å². The first-order valence-corrected chi connectivity index (χ1v) is 17.9. The number of ether oxygens (including phenoxy) is 1. The number of piperidine rings is 1. The van der Waals surface area contributed by atoms with Crippen LogP contribution in [0.15, 0.2) is 30.2 Å². The predicted molar refractivity (Wildman–Crippen MR) is 182 cm³/mol. The molecule has 2 aromatic heterocycles. The fraction of sp³-hybridized carbons (Fsp3) is 0.514. The van der Waals surface area contributed by atoms with Crippen LogP contribution < -0.4 is 15.0 Å². The number of aromatic amines is 2. The summed E-state index contributed by atoms with van der Waals surface area (Å²) in [5.74, 6) is 1.04. The molecule has 12 heteroatoms. The van der Waals surface area contributed by atoms with Gasteiger partial charge in [0.2, 0.25) is 17.6 Å². The lowest BCUT2D eigenvalue weighted by Gasteiger charge is -2.38. The van der Waals surface area contributed by atoms with Gasteiger partial charge in [-0.1, -0.05) is 0 Å². The van der Waals surface area contributed by atoms with Gasteiger partial charge in [0.1, 0.15) is 0 Å². The summed E-state index contributed by atoms with van der Waals surface area (Å²) in [5.41, 5.74) is 5.47. The van der Waals surface area contributed by atoms with Gasteiger partial charge in [-0.05, 0) is 74.8 Å². The molecule has 3 N–H and O–H groups in total. The average Bonchev–Trinajstić information content (AvgIpc) is 3.74. The molecule has 10 rings (SSSR count). The Morgan fingerprint density at radius 3 is 2.51 bits per heavy atom. The minimum Gasteiger partial charge on any atom is -0.408 e. The van der Waals surface area contributed by atoms with E-state index in [2.05, 4.69) is 15.3 Å². The SMILES string of the molecule is CNCCN(C)C(=O)Oc1cc2c(c3c(C)c[nH]c13)C(CCl)CN2C(=O)C12CC3(C(=O)N4CC5CC56C4=CC(=O)c4[nH]cc(C)c46)CC31C2. The number of nitrogens with zero attached hydrogens (tertiary/aromatic N) is 3. The molecule has 2 spiro atoms. The van der Waals surface area contributed by atoms with E-state index in [-0.39, 0.29) is 34.3 Å². The van der Waals surface area contributed by atoms with Crippen LogP contribution in [0.4, 0.5) is 10.5 Å². The van der Waals surface area contributed by atoms with E-state index >= 15 is 0 Å². The number of benzene rings is 1. The lowest BCUT2D eigenvalue weighted by molar-refractivity contribution is -0.142. The number of fused-ring (bicyclic) bond motifs is 4. The maximum Gasteiger partial charge on any atom is 0.415 e. The van der Waals surface area contributed by atoms with E-state index in [4.69, 9.17) is 16.3 Å². The maximum absolute atomic E-state index is 14.7. The molecule has 3 amide bonds. The molecule has 2 aliphatic heterocycles. The van der Waals surface area contributed by atoms with E-state index in [1.807, 2.05) is 49.2 Å². The van der Waals surface area contributed by atoms with Gasteiger partial charge in [0.15, 0.2) is 5.75 Å². The van der Waals surface area contributed by atoms with Crippen molar-refractivity contribution in [2.75, 3.05) is 51.1 Å². The van der Waals surface area contributed by atoms with Crippen LogP contribution in [0.25, 0.3) is 10.9 Å². The first-order chi connectivity index (χ1) is 23.5. The third kappa shape index (κ3) is 3.30. The van der Waals surface area contributed by atoms with Crippen molar-refractivity contribution in [1.82, 2.24) is 25.1 Å². The molecule has 3 aromatic rings. The van der Waals surface area contributed by atoms with Gasteiger partial charge in [0, 0.05) is 91.5 Å². The number of carbonyl (C=O) groups is 4. The Morgan fingerprint density at radius 1 is 1.06 bits per heavy atom. The zero-order valence-electron chi connectivity index (χ0n) is 28.1. The van der Waals surface area contributed by atoms with Crippen molar-refractivity contribution in [3.05, 3.63) is 58.2 Å². The Kier molecular flexibility index (Phi) is 5.57. The van der Waals surface area contributed by atoms with Crippen molar-refractivity contribution >= 4 is 51.9 Å². The molecule has 5 aliphatic carbocycles. The molecule has 1 aromatic carbocycles. The Balaban J connectivity index is 0.941. The second-order valence-corrected chi connectivity index (χ2v) is 16.2. The zero-order chi connectivity index (χ0) is 34.0. The number of H-pyrrole nitrogens is 2. The summed E-state index contributed by atoms with van der Waals surface area (Å²) < 4.78 is 5.95. The summed E-state index contributed by atoms with van der Waals surface area (Å²) in [6, 6.07) is 1.82. The highest BCUT2D eigenvalue weighted by Crippen LogP contribution is 3.01. The molecule has 11 nitrogen and oxygen atoms in total. The first kappa shape index (κ1) is 29.8. The number of ketones is 1. The van der Waals surface area contributed by atoms with E-state index in [0.717, 1.165) is 45.4 Å². The number of aromatic nitrogens is 2. The van der Waals surface area contributed by atoms with Crippen LogP contribution in [-0.4, -0.2) is 89.6 Å². The maximum atomic E-state index is 14.7. The molecule has 6 atom stereocenters. The van der Waals surface area contributed by atoms with Crippen LogP contribution in [-0.2, 0) is 15.0 Å². The van der Waals surface area contributed by atoms with Crippen molar-refractivity contribution in [1.29, 1.82) is 0 Å². The van der Waals surface area contributed by atoms with Gasteiger partial charge < -0.3 is 34.7 Å². The summed E-state index contributed by atoms with van der Waals surface area (Å²) >= 11 is 6.57. The monoisotopic (exact) mass is 682 g/mol. The van der Waals surface area contributed by atoms with Gasteiger partial charge in [-0.3, -0.25) is 14.4 Å². The Hall–Kier alpha value is -4.09. The number of halogens is 1. The Labute approximate surface area is 288 Å². The number of allylic oxidation sites excluding steroid dienone is 2. The van der Waals surface area contributed by atoms with Gasteiger partial charge in [-0.2, -0.15) is 0 Å². The number of hydrogen-bond donors (Lipinski definition) is 3. The molecule has 4 heterocycles. The zero-order valence-corrected chi connectivity index (χ0v) is 28.8. The molecule has 7 aliphatic rings. The number of likely N-dealkylation sites (N-methyl/N-ethyl adjacent to an activating group) is 2. The molecule has 6 unspecified atom stereocenters. The third-order valence-corrected chi connectivity index (χ3v) is 14.0.